The number of amides is 2. The molecule has 2 amide bonds. The Bertz CT molecular complexity index is 1520. The fraction of sp³-hybridized carbons (Fsp3) is 0.250. The van der Waals surface area contributed by atoms with Crippen LogP contribution in [0.15, 0.2) is 60.8 Å². The van der Waals surface area contributed by atoms with Crippen molar-refractivity contribution >= 4 is 28.9 Å². The van der Waals surface area contributed by atoms with Crippen LogP contribution in [0.5, 0.6) is 0 Å². The second-order valence-electron chi connectivity index (χ2n) is 8.89. The largest absolute Gasteiger partial charge is 0.385 e. The first kappa shape index (κ1) is 24.2. The summed E-state index contributed by atoms with van der Waals surface area (Å²) in [6.45, 7) is 2.25. The van der Waals surface area contributed by atoms with E-state index in [4.69, 9.17) is 10.00 Å². The van der Waals surface area contributed by atoms with Crippen molar-refractivity contribution in [2.75, 3.05) is 25.6 Å². The number of nitriles is 1. The molecule has 0 atom stereocenters. The van der Waals surface area contributed by atoms with E-state index >= 15 is 0 Å². The molecule has 3 heterocycles. The Hall–Kier alpha value is -4.55. The van der Waals surface area contributed by atoms with Crippen LogP contribution in [0, 0.1) is 11.3 Å². The van der Waals surface area contributed by atoms with Gasteiger partial charge in [-0.15, -0.1) is 0 Å². The van der Waals surface area contributed by atoms with Crippen molar-refractivity contribution in [3.63, 3.8) is 0 Å². The zero-order valence-corrected chi connectivity index (χ0v) is 20.5. The van der Waals surface area contributed by atoms with Crippen molar-refractivity contribution in [2.24, 2.45) is 0 Å². The molecule has 1 aliphatic heterocycles. The number of imidazole rings is 1. The van der Waals surface area contributed by atoms with E-state index < -0.39 is 0 Å². The first-order chi connectivity index (χ1) is 18.1. The molecular weight excluding hydrogens is 468 g/mol. The minimum Gasteiger partial charge on any atom is -0.385 e. The van der Waals surface area contributed by atoms with Gasteiger partial charge in [-0.05, 0) is 48.2 Å². The minimum atomic E-state index is -0.385. The van der Waals surface area contributed by atoms with E-state index in [1.165, 1.54) is 11.6 Å². The lowest BCUT2D eigenvalue weighted by Gasteiger charge is -2.28. The molecule has 186 valence electrons. The van der Waals surface area contributed by atoms with Crippen molar-refractivity contribution in [3.05, 3.63) is 88.6 Å². The Morgan fingerprint density at radius 2 is 1.95 bits per heavy atom. The number of ether oxygens (including phenoxy) is 1. The molecule has 9 heteroatoms. The molecule has 9 nitrogen and oxygen atoms in total. The third-order valence-electron chi connectivity index (χ3n) is 6.46. The van der Waals surface area contributed by atoms with Crippen LogP contribution < -0.4 is 5.32 Å². The average molecular weight is 495 g/mol. The molecule has 0 saturated carbocycles. The molecule has 2 aromatic carbocycles. The molecule has 0 unspecified atom stereocenters. The van der Waals surface area contributed by atoms with Crippen LogP contribution in [0.25, 0.3) is 11.2 Å². The number of rotatable bonds is 7. The SMILES string of the molecule is COCCCn1c(NC(=O)c2cccc(C#N)c2)nc2cc(C(=O)N3CCc4ccccc4C3)cnc21. The zero-order chi connectivity index (χ0) is 25.8. The van der Waals surface area contributed by atoms with Gasteiger partial charge < -0.3 is 9.64 Å². The Balaban J connectivity index is 1.43. The Labute approximate surface area is 214 Å². The van der Waals surface area contributed by atoms with E-state index in [1.807, 2.05) is 27.7 Å². The molecule has 0 aliphatic carbocycles. The van der Waals surface area contributed by atoms with Gasteiger partial charge in [0.15, 0.2) is 5.65 Å². The number of methoxy groups -OCH3 is 1. The standard InChI is InChI=1S/C28H26N6O3/c1-37-13-5-11-34-25-24(31-28(34)32-26(35)21-9-4-6-19(14-21)16-29)15-23(17-30-25)27(36)33-12-10-20-7-2-3-8-22(20)18-33/h2-4,6-9,14-15,17H,5,10-13,18H2,1H3,(H,31,32,35). The summed E-state index contributed by atoms with van der Waals surface area (Å²) < 4.78 is 7.00. The molecule has 1 aliphatic rings. The number of hydrogen-bond donors (Lipinski definition) is 1. The summed E-state index contributed by atoms with van der Waals surface area (Å²) in [5.41, 5.74) is 4.71. The molecule has 37 heavy (non-hydrogen) atoms. The summed E-state index contributed by atoms with van der Waals surface area (Å²) in [7, 11) is 1.63. The van der Waals surface area contributed by atoms with Gasteiger partial charge in [0.1, 0.15) is 5.52 Å². The van der Waals surface area contributed by atoms with Gasteiger partial charge in [-0.1, -0.05) is 30.3 Å². The van der Waals surface area contributed by atoms with Gasteiger partial charge in [0, 0.05) is 45.1 Å². The van der Waals surface area contributed by atoms with Crippen LogP contribution in [-0.2, 0) is 24.2 Å². The summed E-state index contributed by atoms with van der Waals surface area (Å²) in [6, 6.07) is 18.4. The Kier molecular flexibility index (Phi) is 6.92. The lowest BCUT2D eigenvalue weighted by atomic mass is 9.99. The summed E-state index contributed by atoms with van der Waals surface area (Å²) >= 11 is 0. The highest BCUT2D eigenvalue weighted by molar-refractivity contribution is 6.04. The molecule has 0 saturated heterocycles. The Morgan fingerprint density at radius 3 is 2.76 bits per heavy atom. The molecule has 0 spiro atoms. The van der Waals surface area contributed by atoms with Crippen LogP contribution in [0.4, 0.5) is 5.95 Å². The van der Waals surface area contributed by atoms with Gasteiger partial charge in [-0.2, -0.15) is 5.26 Å². The fourth-order valence-corrected chi connectivity index (χ4v) is 4.56. The first-order valence-electron chi connectivity index (χ1n) is 12.1. The summed E-state index contributed by atoms with van der Waals surface area (Å²) in [4.78, 5) is 37.3. The maximum atomic E-state index is 13.3. The predicted molar refractivity (Wildman–Crippen MR) is 138 cm³/mol. The van der Waals surface area contributed by atoms with Crippen LogP contribution in [0.1, 0.15) is 43.8 Å². The number of aryl methyl sites for hydroxylation is 1. The number of pyridine rings is 1. The van der Waals surface area contributed by atoms with Gasteiger partial charge in [-0.25, -0.2) is 9.97 Å². The molecule has 0 radical (unpaired) electrons. The van der Waals surface area contributed by atoms with E-state index in [9.17, 15) is 9.59 Å². The molecule has 2 aromatic heterocycles. The minimum absolute atomic E-state index is 0.100. The quantitative estimate of drug-likeness (QED) is 0.391. The molecule has 5 rings (SSSR count). The smallest absolute Gasteiger partial charge is 0.258 e. The van der Waals surface area contributed by atoms with Gasteiger partial charge in [0.05, 0.1) is 17.2 Å². The molecule has 1 N–H and O–H groups in total. The second-order valence-corrected chi connectivity index (χ2v) is 8.89. The van der Waals surface area contributed by atoms with Crippen molar-refractivity contribution in [3.8, 4) is 6.07 Å². The van der Waals surface area contributed by atoms with Crippen LogP contribution in [0.2, 0.25) is 0 Å². The normalized spacial score (nSPS) is 12.7. The lowest BCUT2D eigenvalue weighted by molar-refractivity contribution is 0.0734. The van der Waals surface area contributed by atoms with Crippen molar-refractivity contribution in [2.45, 2.75) is 25.9 Å². The highest BCUT2D eigenvalue weighted by atomic mass is 16.5. The Morgan fingerprint density at radius 1 is 1.11 bits per heavy atom. The third-order valence-corrected chi connectivity index (χ3v) is 6.46. The topological polar surface area (TPSA) is 113 Å². The predicted octanol–water partition coefficient (Wildman–Crippen LogP) is 3.79. The maximum absolute atomic E-state index is 13.3. The molecular formula is C28H26N6O3. The lowest BCUT2D eigenvalue weighted by Crippen LogP contribution is -2.36. The van der Waals surface area contributed by atoms with E-state index in [0.29, 0.717) is 66.5 Å². The average Bonchev–Trinajstić information content (AvgIpc) is 3.28. The van der Waals surface area contributed by atoms with Gasteiger partial charge in [0.2, 0.25) is 5.95 Å². The summed E-state index contributed by atoms with van der Waals surface area (Å²) in [6.07, 6.45) is 3.07. The van der Waals surface area contributed by atoms with E-state index in [-0.39, 0.29) is 11.8 Å². The van der Waals surface area contributed by atoms with Crippen molar-refractivity contribution in [1.29, 1.82) is 5.26 Å². The number of carbonyl (C=O) groups excluding carboxylic acids is 2. The van der Waals surface area contributed by atoms with Gasteiger partial charge in [-0.3, -0.25) is 19.5 Å². The van der Waals surface area contributed by atoms with E-state index in [2.05, 4.69) is 27.4 Å². The fourth-order valence-electron chi connectivity index (χ4n) is 4.56. The molecule has 4 aromatic rings. The number of hydrogen-bond acceptors (Lipinski definition) is 6. The summed E-state index contributed by atoms with van der Waals surface area (Å²) in [5.74, 6) is -0.164. The van der Waals surface area contributed by atoms with Gasteiger partial charge >= 0.3 is 0 Å². The first-order valence-corrected chi connectivity index (χ1v) is 12.1. The van der Waals surface area contributed by atoms with Gasteiger partial charge in [0.25, 0.3) is 11.8 Å². The monoisotopic (exact) mass is 494 g/mol. The molecule has 0 fully saturated rings. The number of fused-ring (bicyclic) bond motifs is 2. The highest BCUT2D eigenvalue weighted by Crippen LogP contribution is 2.24. The molecule has 0 bridgehead atoms. The van der Waals surface area contributed by atoms with E-state index in [0.717, 1.165) is 12.0 Å². The highest BCUT2D eigenvalue weighted by Gasteiger charge is 2.23. The van der Waals surface area contributed by atoms with Crippen LogP contribution in [0.3, 0.4) is 0 Å². The van der Waals surface area contributed by atoms with Crippen LogP contribution in [-0.4, -0.2) is 51.5 Å². The van der Waals surface area contributed by atoms with Crippen LogP contribution >= 0.6 is 0 Å². The zero-order valence-electron chi connectivity index (χ0n) is 20.5. The number of aromatic nitrogens is 3. The van der Waals surface area contributed by atoms with Crippen molar-refractivity contribution < 1.29 is 14.3 Å². The number of nitrogens with zero attached hydrogens (tertiary/aromatic N) is 5. The maximum Gasteiger partial charge on any atom is 0.258 e. The summed E-state index contributed by atoms with van der Waals surface area (Å²) in [5, 5.41) is 12.0. The number of benzene rings is 2. The number of anilines is 1. The number of carbonyl (C=O) groups is 2. The third kappa shape index (κ3) is 5.06. The van der Waals surface area contributed by atoms with E-state index in [1.54, 1.807) is 37.6 Å². The van der Waals surface area contributed by atoms with Crippen molar-refractivity contribution in [1.82, 2.24) is 19.4 Å². The number of nitrogens with one attached hydrogen (secondary N) is 1. The second kappa shape index (κ2) is 10.6.